The largest absolute Gasteiger partial charge is 0.312 e. The van der Waals surface area contributed by atoms with Crippen molar-refractivity contribution in [3.05, 3.63) is 29.6 Å². The molecule has 0 aliphatic carbocycles. The number of pyridine rings is 1. The Labute approximate surface area is 116 Å². The molecule has 19 heavy (non-hydrogen) atoms. The van der Waals surface area contributed by atoms with Crippen LogP contribution in [0.3, 0.4) is 0 Å². The molecule has 3 heterocycles. The second-order valence-electron chi connectivity index (χ2n) is 6.00. The van der Waals surface area contributed by atoms with Gasteiger partial charge in [0.1, 0.15) is 0 Å². The average molecular weight is 259 g/mol. The van der Waals surface area contributed by atoms with Gasteiger partial charge in [0.25, 0.3) is 0 Å². The third kappa shape index (κ3) is 2.98. The van der Waals surface area contributed by atoms with E-state index in [1.165, 1.54) is 56.5 Å². The van der Waals surface area contributed by atoms with Gasteiger partial charge in [-0.15, -0.1) is 0 Å². The van der Waals surface area contributed by atoms with Gasteiger partial charge in [0.15, 0.2) is 0 Å². The summed E-state index contributed by atoms with van der Waals surface area (Å²) in [6, 6.07) is 5.64. The molecule has 0 spiro atoms. The van der Waals surface area contributed by atoms with Gasteiger partial charge in [0, 0.05) is 24.8 Å². The smallest absolute Gasteiger partial charge is 0.0573 e. The van der Waals surface area contributed by atoms with Crippen molar-refractivity contribution in [1.82, 2.24) is 15.2 Å². The summed E-state index contributed by atoms with van der Waals surface area (Å²) in [6.07, 6.45) is 8.70. The molecule has 0 aromatic carbocycles. The van der Waals surface area contributed by atoms with E-state index in [1.807, 2.05) is 12.3 Å². The summed E-state index contributed by atoms with van der Waals surface area (Å²) < 4.78 is 0. The van der Waals surface area contributed by atoms with E-state index in [2.05, 4.69) is 28.2 Å². The Balaban J connectivity index is 1.71. The molecule has 1 N–H and O–H groups in total. The molecule has 2 saturated heterocycles. The molecule has 0 amide bonds. The van der Waals surface area contributed by atoms with Crippen LogP contribution in [-0.4, -0.2) is 35.1 Å². The maximum Gasteiger partial charge on any atom is 0.0573 e. The summed E-state index contributed by atoms with van der Waals surface area (Å²) in [5, 5.41) is 3.69. The van der Waals surface area contributed by atoms with Gasteiger partial charge in [0.05, 0.1) is 5.69 Å². The maximum atomic E-state index is 4.57. The molecule has 0 saturated carbocycles. The first-order valence-electron chi connectivity index (χ1n) is 7.72. The number of piperidine rings is 1. The van der Waals surface area contributed by atoms with Crippen LogP contribution in [0, 0.1) is 6.92 Å². The normalized spacial score (nSPS) is 28.7. The van der Waals surface area contributed by atoms with Crippen LogP contribution in [-0.2, 0) is 6.54 Å². The fraction of sp³-hybridized carbons (Fsp3) is 0.688. The highest BCUT2D eigenvalue weighted by Crippen LogP contribution is 2.25. The lowest BCUT2D eigenvalue weighted by atomic mass is 9.94. The fourth-order valence-electron chi connectivity index (χ4n) is 3.58. The number of hydrogen-bond donors (Lipinski definition) is 1. The lowest BCUT2D eigenvalue weighted by molar-refractivity contribution is 0.111. The standard InChI is InChI=1S/C16H25N3/c1-13-6-4-9-18-15(13)12-19-11-3-2-8-16(19)14-7-5-10-17-14/h4,6,9,14,16-17H,2-3,5,7-8,10-12H2,1H3. The van der Waals surface area contributed by atoms with Crippen LogP contribution < -0.4 is 5.32 Å². The maximum absolute atomic E-state index is 4.57. The van der Waals surface area contributed by atoms with Gasteiger partial charge >= 0.3 is 0 Å². The molecule has 2 unspecified atom stereocenters. The van der Waals surface area contributed by atoms with Crippen molar-refractivity contribution >= 4 is 0 Å². The number of rotatable bonds is 3. The molecule has 0 bridgehead atoms. The Morgan fingerprint density at radius 2 is 2.26 bits per heavy atom. The molecule has 1 aromatic heterocycles. The van der Waals surface area contributed by atoms with E-state index >= 15 is 0 Å². The highest BCUT2D eigenvalue weighted by Gasteiger charge is 2.31. The minimum absolute atomic E-state index is 0.712. The quantitative estimate of drug-likeness (QED) is 0.904. The van der Waals surface area contributed by atoms with E-state index in [9.17, 15) is 0 Å². The summed E-state index contributed by atoms with van der Waals surface area (Å²) in [5.74, 6) is 0. The second-order valence-corrected chi connectivity index (χ2v) is 6.00. The van der Waals surface area contributed by atoms with Crippen molar-refractivity contribution in [3.63, 3.8) is 0 Å². The first kappa shape index (κ1) is 13.1. The summed E-state index contributed by atoms with van der Waals surface area (Å²) in [4.78, 5) is 7.24. The van der Waals surface area contributed by atoms with E-state index in [0.29, 0.717) is 6.04 Å². The zero-order chi connectivity index (χ0) is 13.1. The number of nitrogens with one attached hydrogen (secondary N) is 1. The molecule has 3 nitrogen and oxygen atoms in total. The zero-order valence-electron chi connectivity index (χ0n) is 11.9. The van der Waals surface area contributed by atoms with E-state index in [-0.39, 0.29) is 0 Å². The van der Waals surface area contributed by atoms with Gasteiger partial charge in [-0.2, -0.15) is 0 Å². The third-order valence-electron chi connectivity index (χ3n) is 4.70. The van der Waals surface area contributed by atoms with E-state index < -0.39 is 0 Å². The summed E-state index contributed by atoms with van der Waals surface area (Å²) in [5.41, 5.74) is 2.58. The second kappa shape index (κ2) is 6.02. The number of aryl methyl sites for hydroxylation is 1. The van der Waals surface area contributed by atoms with Crippen molar-refractivity contribution in [3.8, 4) is 0 Å². The Morgan fingerprint density at radius 3 is 3.05 bits per heavy atom. The molecule has 2 atom stereocenters. The molecule has 3 rings (SSSR count). The van der Waals surface area contributed by atoms with Crippen LogP contribution in [0.15, 0.2) is 18.3 Å². The van der Waals surface area contributed by atoms with Crippen molar-refractivity contribution < 1.29 is 0 Å². The van der Waals surface area contributed by atoms with Crippen molar-refractivity contribution in [1.29, 1.82) is 0 Å². The van der Waals surface area contributed by atoms with Crippen LogP contribution in [0.2, 0.25) is 0 Å². The Hall–Kier alpha value is -0.930. The predicted octanol–water partition coefficient (Wildman–Crippen LogP) is 2.50. The first-order valence-corrected chi connectivity index (χ1v) is 7.72. The molecule has 104 valence electrons. The highest BCUT2D eigenvalue weighted by molar-refractivity contribution is 5.17. The van der Waals surface area contributed by atoms with Gasteiger partial charge in [-0.3, -0.25) is 9.88 Å². The lowest BCUT2D eigenvalue weighted by Crippen LogP contribution is -2.49. The van der Waals surface area contributed by atoms with Crippen molar-refractivity contribution in [2.45, 2.75) is 57.7 Å². The Kier molecular flexibility index (Phi) is 4.14. The monoisotopic (exact) mass is 259 g/mol. The van der Waals surface area contributed by atoms with Crippen LogP contribution in [0.4, 0.5) is 0 Å². The van der Waals surface area contributed by atoms with Crippen LogP contribution in [0.5, 0.6) is 0 Å². The van der Waals surface area contributed by atoms with Crippen molar-refractivity contribution in [2.24, 2.45) is 0 Å². The predicted molar refractivity (Wildman–Crippen MR) is 78.0 cm³/mol. The van der Waals surface area contributed by atoms with Crippen molar-refractivity contribution in [2.75, 3.05) is 13.1 Å². The van der Waals surface area contributed by atoms with E-state index in [4.69, 9.17) is 0 Å². The minimum atomic E-state index is 0.712. The molecule has 2 aliphatic heterocycles. The number of aromatic nitrogens is 1. The summed E-state index contributed by atoms with van der Waals surface area (Å²) in [7, 11) is 0. The molecule has 2 aliphatic rings. The topological polar surface area (TPSA) is 28.2 Å². The molecule has 0 radical (unpaired) electrons. The van der Waals surface area contributed by atoms with Gasteiger partial charge in [-0.25, -0.2) is 0 Å². The highest BCUT2D eigenvalue weighted by atomic mass is 15.2. The van der Waals surface area contributed by atoms with Crippen LogP contribution >= 0.6 is 0 Å². The van der Waals surface area contributed by atoms with Crippen LogP contribution in [0.25, 0.3) is 0 Å². The lowest BCUT2D eigenvalue weighted by Gasteiger charge is -2.39. The SMILES string of the molecule is Cc1cccnc1CN1CCCCC1C1CCCN1. The molecule has 1 aromatic rings. The molecule has 2 fully saturated rings. The Morgan fingerprint density at radius 1 is 1.32 bits per heavy atom. The molecular weight excluding hydrogens is 234 g/mol. The first-order chi connectivity index (χ1) is 9.34. The fourth-order valence-corrected chi connectivity index (χ4v) is 3.58. The molecule has 3 heteroatoms. The Bertz CT molecular complexity index is 412. The number of hydrogen-bond acceptors (Lipinski definition) is 3. The molecular formula is C16H25N3. The van der Waals surface area contributed by atoms with E-state index in [1.54, 1.807) is 0 Å². The summed E-state index contributed by atoms with van der Waals surface area (Å²) >= 11 is 0. The van der Waals surface area contributed by atoms with E-state index in [0.717, 1.165) is 12.6 Å². The minimum Gasteiger partial charge on any atom is -0.312 e. The van der Waals surface area contributed by atoms with Gasteiger partial charge in [-0.1, -0.05) is 12.5 Å². The zero-order valence-corrected chi connectivity index (χ0v) is 11.9. The van der Waals surface area contributed by atoms with Gasteiger partial charge in [-0.05, 0) is 57.3 Å². The third-order valence-corrected chi connectivity index (χ3v) is 4.70. The summed E-state index contributed by atoms with van der Waals surface area (Å²) in [6.45, 7) is 5.64. The average Bonchev–Trinajstić information content (AvgIpc) is 2.96. The van der Waals surface area contributed by atoms with Crippen LogP contribution in [0.1, 0.15) is 43.4 Å². The van der Waals surface area contributed by atoms with Gasteiger partial charge in [0.2, 0.25) is 0 Å². The number of nitrogens with zero attached hydrogens (tertiary/aromatic N) is 2. The number of likely N-dealkylation sites (tertiary alicyclic amines) is 1. The van der Waals surface area contributed by atoms with Gasteiger partial charge < -0.3 is 5.32 Å².